The zero-order valence-corrected chi connectivity index (χ0v) is 25.3. The zero-order valence-electron chi connectivity index (χ0n) is 25.3. The van der Waals surface area contributed by atoms with Gasteiger partial charge in [-0.1, -0.05) is 18.7 Å². The minimum atomic E-state index is -0.564. The predicted molar refractivity (Wildman–Crippen MR) is 161 cm³/mol. The van der Waals surface area contributed by atoms with E-state index in [1.165, 1.54) is 12.0 Å². The molecule has 0 fully saturated rings. The van der Waals surface area contributed by atoms with Crippen LogP contribution in [0.3, 0.4) is 0 Å². The van der Waals surface area contributed by atoms with E-state index in [0.717, 1.165) is 68.9 Å². The predicted octanol–water partition coefficient (Wildman–Crippen LogP) is 5.30. The number of pyridine rings is 1. The number of hydrogen-bond acceptors (Lipinski definition) is 7. The Bertz CT molecular complexity index is 983. The van der Waals surface area contributed by atoms with Crippen molar-refractivity contribution >= 4 is 17.6 Å². The molecule has 1 aliphatic rings. The highest BCUT2D eigenvalue weighted by molar-refractivity contribution is 5.86. The fourth-order valence-corrected chi connectivity index (χ4v) is 4.36. The molecule has 1 aromatic rings. The number of carbonyl (C=O) groups excluding carboxylic acids is 1. The smallest absolute Gasteiger partial charge is 0.329 e. The first-order chi connectivity index (χ1) is 18.5. The first-order valence-corrected chi connectivity index (χ1v) is 14.3. The molecule has 218 valence electrons. The Morgan fingerprint density at radius 3 is 2.74 bits per heavy atom. The summed E-state index contributed by atoms with van der Waals surface area (Å²) >= 11 is 0. The molecule has 0 spiro atoms. The Labute approximate surface area is 236 Å². The second-order valence-corrected chi connectivity index (χ2v) is 11.5. The van der Waals surface area contributed by atoms with Crippen LogP contribution in [0.15, 0.2) is 41.6 Å². The van der Waals surface area contributed by atoms with E-state index in [1.807, 2.05) is 34.6 Å². The number of rotatable bonds is 15. The molecule has 1 unspecified atom stereocenters. The second kappa shape index (κ2) is 16.4. The van der Waals surface area contributed by atoms with Crippen molar-refractivity contribution in [1.82, 2.24) is 15.2 Å². The Hall–Kier alpha value is -2.71. The topological polar surface area (TPSA) is 88.1 Å². The van der Waals surface area contributed by atoms with Gasteiger partial charge in [-0.05, 0) is 104 Å². The van der Waals surface area contributed by atoms with E-state index >= 15 is 0 Å². The number of anilines is 1. The lowest BCUT2D eigenvalue weighted by Crippen LogP contribution is -2.46. The zero-order chi connectivity index (χ0) is 28.8. The normalized spacial score (nSPS) is 15.8. The number of nitrogens with zero attached hydrogens (tertiary/aromatic N) is 3. The van der Waals surface area contributed by atoms with Crippen LogP contribution >= 0.6 is 0 Å². The third-order valence-corrected chi connectivity index (χ3v) is 6.62. The fraction of sp³-hybridized carbons (Fsp3) is 0.645. The molecule has 0 amide bonds. The third kappa shape index (κ3) is 12.8. The lowest BCUT2D eigenvalue weighted by molar-refractivity contribution is -0.157. The molecule has 2 atom stereocenters. The van der Waals surface area contributed by atoms with E-state index < -0.39 is 11.6 Å². The molecule has 8 nitrogen and oxygen atoms in total. The molecule has 1 aromatic heterocycles. The molecule has 0 aromatic carbocycles. The van der Waals surface area contributed by atoms with Gasteiger partial charge in [-0.15, -0.1) is 0 Å². The number of amidine groups is 1. The van der Waals surface area contributed by atoms with Gasteiger partial charge in [-0.2, -0.15) is 0 Å². The number of carbonyl (C=O) groups is 1. The van der Waals surface area contributed by atoms with Crippen molar-refractivity contribution in [2.24, 2.45) is 4.99 Å². The van der Waals surface area contributed by atoms with Gasteiger partial charge in [-0.3, -0.25) is 0 Å². The quantitative estimate of drug-likeness (QED) is 0.102. The number of ether oxygens (including phenoxy) is 2. The summed E-state index contributed by atoms with van der Waals surface area (Å²) in [6.45, 7) is 18.8. The van der Waals surface area contributed by atoms with Gasteiger partial charge in [0.25, 0.3) is 0 Å². The van der Waals surface area contributed by atoms with Crippen molar-refractivity contribution < 1.29 is 14.3 Å². The van der Waals surface area contributed by atoms with E-state index in [4.69, 9.17) is 14.5 Å². The van der Waals surface area contributed by atoms with Gasteiger partial charge >= 0.3 is 5.97 Å². The molecule has 1 aliphatic heterocycles. The van der Waals surface area contributed by atoms with Gasteiger partial charge in [0.2, 0.25) is 0 Å². The molecular weight excluding hydrogens is 490 g/mol. The average molecular weight is 542 g/mol. The number of fused-ring (bicyclic) bond motifs is 1. The molecule has 2 heterocycles. The number of unbranched alkanes of at least 4 members (excludes halogenated alkanes) is 1. The summed E-state index contributed by atoms with van der Waals surface area (Å²) in [4.78, 5) is 24.7. The molecule has 0 saturated heterocycles. The van der Waals surface area contributed by atoms with E-state index in [1.54, 1.807) is 19.4 Å². The van der Waals surface area contributed by atoms with Gasteiger partial charge in [0.05, 0.1) is 11.9 Å². The summed E-state index contributed by atoms with van der Waals surface area (Å²) in [5.41, 5.74) is 2.85. The van der Waals surface area contributed by atoms with Crippen LogP contribution in [-0.2, 0) is 27.1 Å². The SMILES string of the molecule is C=C/C(C)=C\N=C(/C)NC(CCN(CCCCc1ccc2c(n1)NCCC2)C[C@@H](C)OC)C(=O)OC(C)(C)C. The van der Waals surface area contributed by atoms with Gasteiger partial charge in [0.15, 0.2) is 0 Å². The summed E-state index contributed by atoms with van der Waals surface area (Å²) in [7, 11) is 1.74. The lowest BCUT2D eigenvalue weighted by atomic mass is 10.1. The van der Waals surface area contributed by atoms with E-state index in [-0.39, 0.29) is 12.1 Å². The lowest BCUT2D eigenvalue weighted by Gasteiger charge is -2.29. The van der Waals surface area contributed by atoms with E-state index in [2.05, 4.69) is 46.2 Å². The number of aromatic nitrogens is 1. The number of aryl methyl sites for hydroxylation is 2. The summed E-state index contributed by atoms with van der Waals surface area (Å²) in [5, 5.41) is 6.71. The van der Waals surface area contributed by atoms with Crippen molar-refractivity contribution in [1.29, 1.82) is 0 Å². The van der Waals surface area contributed by atoms with Crippen molar-refractivity contribution in [3.8, 4) is 0 Å². The van der Waals surface area contributed by atoms with Crippen molar-refractivity contribution in [2.45, 2.75) is 97.8 Å². The molecule has 0 aliphatic carbocycles. The Kier molecular flexibility index (Phi) is 13.7. The molecule has 0 bridgehead atoms. The Morgan fingerprint density at radius 1 is 1.28 bits per heavy atom. The van der Waals surface area contributed by atoms with Crippen LogP contribution < -0.4 is 10.6 Å². The Balaban J connectivity index is 1.99. The first-order valence-electron chi connectivity index (χ1n) is 14.3. The third-order valence-electron chi connectivity index (χ3n) is 6.62. The molecule has 39 heavy (non-hydrogen) atoms. The van der Waals surface area contributed by atoms with Crippen molar-refractivity contribution in [3.63, 3.8) is 0 Å². The van der Waals surface area contributed by atoms with Crippen LogP contribution in [-0.4, -0.2) is 72.7 Å². The average Bonchev–Trinajstić information content (AvgIpc) is 2.90. The number of esters is 1. The van der Waals surface area contributed by atoms with Crippen LogP contribution in [0, 0.1) is 0 Å². The van der Waals surface area contributed by atoms with E-state index in [9.17, 15) is 4.79 Å². The number of nitrogens with one attached hydrogen (secondary N) is 2. The second-order valence-electron chi connectivity index (χ2n) is 11.5. The number of hydrogen-bond donors (Lipinski definition) is 2. The van der Waals surface area contributed by atoms with Gasteiger partial charge in [-0.25, -0.2) is 14.8 Å². The standard InChI is InChI=1S/C31H51N5O3/c1-9-23(2)21-33-25(4)34-28(30(37)39-31(5,6)7)17-20-36(22-24(3)38-8)19-11-10-14-27-16-15-26-13-12-18-32-29(26)35-27/h9,15-16,21,24,28H,1,10-14,17-20,22H2,2-8H3,(H,32,35)(H,33,34)/b23-21-/t24-,28?/m1/s1. The maximum Gasteiger partial charge on any atom is 0.329 e. The van der Waals surface area contributed by atoms with Gasteiger partial charge < -0.3 is 25.0 Å². The fourth-order valence-electron chi connectivity index (χ4n) is 4.36. The molecule has 8 heteroatoms. The minimum Gasteiger partial charge on any atom is -0.458 e. The Morgan fingerprint density at radius 2 is 2.05 bits per heavy atom. The molecule has 2 N–H and O–H groups in total. The number of methoxy groups -OCH3 is 1. The van der Waals surface area contributed by atoms with Crippen molar-refractivity contribution in [3.05, 3.63) is 47.8 Å². The largest absolute Gasteiger partial charge is 0.458 e. The first kappa shape index (κ1) is 32.5. The summed E-state index contributed by atoms with van der Waals surface area (Å²) in [6, 6.07) is 3.89. The highest BCUT2D eigenvalue weighted by Crippen LogP contribution is 2.20. The van der Waals surface area contributed by atoms with Crippen LogP contribution in [0.2, 0.25) is 0 Å². The van der Waals surface area contributed by atoms with Gasteiger partial charge in [0, 0.05) is 38.6 Å². The minimum absolute atomic E-state index is 0.0987. The van der Waals surface area contributed by atoms with Crippen LogP contribution in [0.4, 0.5) is 5.82 Å². The molecule has 0 radical (unpaired) electrons. The monoisotopic (exact) mass is 541 g/mol. The highest BCUT2D eigenvalue weighted by Gasteiger charge is 2.26. The summed E-state index contributed by atoms with van der Waals surface area (Å²) < 4.78 is 11.3. The van der Waals surface area contributed by atoms with Crippen LogP contribution in [0.1, 0.15) is 78.5 Å². The van der Waals surface area contributed by atoms with E-state index in [0.29, 0.717) is 12.3 Å². The molecular formula is C31H51N5O3. The number of allylic oxidation sites excluding steroid dienone is 2. The number of aliphatic imine (C=N–C) groups is 1. The van der Waals surface area contributed by atoms with Gasteiger partial charge in [0.1, 0.15) is 17.5 Å². The summed E-state index contributed by atoms with van der Waals surface area (Å²) in [6.07, 6.45) is 9.51. The maximum absolute atomic E-state index is 13.1. The van der Waals surface area contributed by atoms with Crippen molar-refractivity contribution in [2.75, 3.05) is 38.6 Å². The highest BCUT2D eigenvalue weighted by atomic mass is 16.6. The molecule has 2 rings (SSSR count). The summed E-state index contributed by atoms with van der Waals surface area (Å²) in [5.74, 6) is 1.45. The molecule has 0 saturated carbocycles. The van der Waals surface area contributed by atoms with Crippen LogP contribution in [0.5, 0.6) is 0 Å². The maximum atomic E-state index is 13.1. The van der Waals surface area contributed by atoms with Crippen LogP contribution in [0.25, 0.3) is 0 Å².